The fourth-order valence-corrected chi connectivity index (χ4v) is 3.03. The monoisotopic (exact) mass is 421 g/mol. The smallest absolute Gasteiger partial charge is 0.331 e. The number of nitrogens with zero attached hydrogens (tertiary/aromatic N) is 2. The molecule has 3 aromatic rings. The Hall–Kier alpha value is -4.07. The Kier molecular flexibility index (Phi) is 6.71. The molecule has 0 fully saturated rings. The summed E-state index contributed by atoms with van der Waals surface area (Å²) in [5, 5.41) is 2.54. The lowest BCUT2D eigenvalue weighted by Crippen LogP contribution is -2.25. The van der Waals surface area contributed by atoms with Crippen LogP contribution < -0.4 is 15.6 Å². The molecule has 1 amide bonds. The van der Waals surface area contributed by atoms with Crippen molar-refractivity contribution in [1.29, 1.82) is 0 Å². The average molecular weight is 421 g/mol. The molecule has 2 aromatic carbocycles. The van der Waals surface area contributed by atoms with E-state index < -0.39 is 18.5 Å². The summed E-state index contributed by atoms with van der Waals surface area (Å²) in [7, 11) is 3.26. The summed E-state index contributed by atoms with van der Waals surface area (Å²) in [6.07, 6.45) is 2.75. The maximum Gasteiger partial charge on any atom is 0.331 e. The first kappa shape index (κ1) is 21.6. The molecule has 1 aromatic heterocycles. The minimum Gasteiger partial charge on any atom is -0.496 e. The van der Waals surface area contributed by atoms with Crippen molar-refractivity contribution in [3.63, 3.8) is 0 Å². The van der Waals surface area contributed by atoms with Crippen LogP contribution in [0.4, 0.5) is 5.69 Å². The molecule has 8 nitrogen and oxygen atoms in total. The second kappa shape index (κ2) is 9.62. The van der Waals surface area contributed by atoms with Crippen molar-refractivity contribution >= 4 is 23.6 Å². The maximum atomic E-state index is 12.8. The van der Waals surface area contributed by atoms with E-state index in [1.165, 1.54) is 17.9 Å². The molecule has 0 saturated carbocycles. The van der Waals surface area contributed by atoms with Crippen molar-refractivity contribution in [2.24, 2.45) is 7.05 Å². The molecular formula is C23H23N3O5. The van der Waals surface area contributed by atoms with Gasteiger partial charge in [-0.2, -0.15) is 0 Å². The molecule has 8 heteroatoms. The van der Waals surface area contributed by atoms with Crippen molar-refractivity contribution in [3.8, 4) is 11.4 Å². The van der Waals surface area contributed by atoms with E-state index in [0.717, 1.165) is 0 Å². The maximum absolute atomic E-state index is 12.8. The van der Waals surface area contributed by atoms with Crippen LogP contribution in [0.1, 0.15) is 11.3 Å². The fraction of sp³-hybridized carbons (Fsp3) is 0.174. The van der Waals surface area contributed by atoms with Gasteiger partial charge >= 0.3 is 5.97 Å². The summed E-state index contributed by atoms with van der Waals surface area (Å²) >= 11 is 0. The summed E-state index contributed by atoms with van der Waals surface area (Å²) in [6.45, 7) is 1.20. The number of methoxy groups -OCH3 is 1. The molecule has 0 aliphatic carbocycles. The van der Waals surface area contributed by atoms with E-state index in [1.807, 2.05) is 30.3 Å². The number of para-hydroxylation sites is 2. The van der Waals surface area contributed by atoms with E-state index >= 15 is 0 Å². The van der Waals surface area contributed by atoms with Gasteiger partial charge in [-0.25, -0.2) is 9.48 Å². The van der Waals surface area contributed by atoms with Crippen LogP contribution in [0.5, 0.6) is 5.75 Å². The highest BCUT2D eigenvalue weighted by atomic mass is 16.5. The third-order valence-corrected chi connectivity index (χ3v) is 4.70. The molecule has 0 aliphatic rings. The predicted molar refractivity (Wildman–Crippen MR) is 117 cm³/mol. The highest BCUT2D eigenvalue weighted by molar-refractivity contribution is 5.95. The Morgan fingerprint density at radius 1 is 1.06 bits per heavy atom. The molecule has 0 bridgehead atoms. The number of hydrogen-bond acceptors (Lipinski definition) is 5. The Bertz CT molecular complexity index is 1180. The molecule has 1 heterocycles. The lowest BCUT2D eigenvalue weighted by molar-refractivity contribution is -0.142. The predicted octanol–water partition coefficient (Wildman–Crippen LogP) is 2.69. The molecule has 0 saturated heterocycles. The van der Waals surface area contributed by atoms with Gasteiger partial charge in [0.25, 0.3) is 11.5 Å². The number of anilines is 1. The molecular weight excluding hydrogens is 398 g/mol. The number of ether oxygens (including phenoxy) is 2. The summed E-state index contributed by atoms with van der Waals surface area (Å²) in [6, 6.07) is 16.3. The van der Waals surface area contributed by atoms with E-state index in [4.69, 9.17) is 9.47 Å². The van der Waals surface area contributed by atoms with Crippen LogP contribution in [0.15, 0.2) is 65.5 Å². The standard InChI is InChI=1S/C23H23N3O5/c1-16-22(23(29)26(25(16)2)18-10-5-4-6-11-18)24-20(27)15-31-21(28)14-13-17-9-7-8-12-19(17)30-3/h4-14H,15H2,1-3H3,(H,24,27)/b14-13+. The van der Waals surface area contributed by atoms with E-state index in [1.54, 1.807) is 49.0 Å². The van der Waals surface area contributed by atoms with Crippen molar-refractivity contribution in [2.75, 3.05) is 19.0 Å². The SMILES string of the molecule is COc1ccccc1/C=C/C(=O)OCC(=O)Nc1c(C)n(C)n(-c2ccccc2)c1=O. The largest absolute Gasteiger partial charge is 0.496 e. The van der Waals surface area contributed by atoms with Gasteiger partial charge in [-0.3, -0.25) is 14.3 Å². The zero-order valence-electron chi connectivity index (χ0n) is 17.5. The minimum atomic E-state index is -0.687. The van der Waals surface area contributed by atoms with Crippen LogP contribution in [0.25, 0.3) is 11.8 Å². The number of carbonyl (C=O) groups excluding carboxylic acids is 2. The first-order valence-electron chi connectivity index (χ1n) is 9.54. The number of benzene rings is 2. The zero-order valence-corrected chi connectivity index (χ0v) is 17.5. The van der Waals surface area contributed by atoms with Gasteiger partial charge in [-0.1, -0.05) is 36.4 Å². The summed E-state index contributed by atoms with van der Waals surface area (Å²) in [4.78, 5) is 37.0. The molecule has 31 heavy (non-hydrogen) atoms. The normalized spacial score (nSPS) is 10.8. The van der Waals surface area contributed by atoms with Gasteiger partial charge in [0, 0.05) is 18.7 Å². The Morgan fingerprint density at radius 2 is 1.74 bits per heavy atom. The van der Waals surface area contributed by atoms with E-state index in [-0.39, 0.29) is 11.2 Å². The van der Waals surface area contributed by atoms with E-state index in [2.05, 4.69) is 5.32 Å². The molecule has 0 radical (unpaired) electrons. The van der Waals surface area contributed by atoms with Crippen LogP contribution >= 0.6 is 0 Å². The number of esters is 1. The van der Waals surface area contributed by atoms with E-state index in [0.29, 0.717) is 22.7 Å². The quantitative estimate of drug-likeness (QED) is 0.468. The van der Waals surface area contributed by atoms with Crippen molar-refractivity contribution in [2.45, 2.75) is 6.92 Å². The molecule has 0 spiro atoms. The third kappa shape index (κ3) is 4.92. The van der Waals surface area contributed by atoms with Crippen molar-refractivity contribution in [1.82, 2.24) is 9.36 Å². The number of aromatic nitrogens is 2. The van der Waals surface area contributed by atoms with Gasteiger partial charge in [0.15, 0.2) is 6.61 Å². The second-order valence-electron chi connectivity index (χ2n) is 6.67. The van der Waals surface area contributed by atoms with Gasteiger partial charge in [0.1, 0.15) is 11.4 Å². The number of carbonyl (C=O) groups is 2. The molecule has 1 N–H and O–H groups in total. The highest BCUT2D eigenvalue weighted by Crippen LogP contribution is 2.18. The van der Waals surface area contributed by atoms with Crippen LogP contribution in [0.2, 0.25) is 0 Å². The molecule has 160 valence electrons. The molecule has 0 aliphatic heterocycles. The topological polar surface area (TPSA) is 91.6 Å². The van der Waals surface area contributed by atoms with Gasteiger partial charge in [0.2, 0.25) is 0 Å². The number of hydrogen-bond donors (Lipinski definition) is 1. The third-order valence-electron chi connectivity index (χ3n) is 4.70. The second-order valence-corrected chi connectivity index (χ2v) is 6.67. The van der Waals surface area contributed by atoms with Gasteiger partial charge in [-0.15, -0.1) is 0 Å². The Balaban J connectivity index is 1.64. The van der Waals surface area contributed by atoms with Crippen LogP contribution in [0, 0.1) is 6.92 Å². The number of nitrogens with one attached hydrogen (secondary N) is 1. The summed E-state index contributed by atoms with van der Waals surface area (Å²) < 4.78 is 13.3. The minimum absolute atomic E-state index is 0.136. The zero-order chi connectivity index (χ0) is 22.4. The molecule has 0 unspecified atom stereocenters. The number of rotatable bonds is 7. The molecule has 3 rings (SSSR count). The van der Waals surface area contributed by atoms with Crippen LogP contribution in [-0.4, -0.2) is 35.0 Å². The van der Waals surface area contributed by atoms with Crippen LogP contribution in [0.3, 0.4) is 0 Å². The van der Waals surface area contributed by atoms with Gasteiger partial charge < -0.3 is 14.8 Å². The average Bonchev–Trinajstić information content (AvgIpc) is 3.00. The lowest BCUT2D eigenvalue weighted by Gasteiger charge is -2.07. The summed E-state index contributed by atoms with van der Waals surface area (Å²) in [5.41, 5.74) is 1.71. The number of amides is 1. The Labute approximate surface area is 179 Å². The summed E-state index contributed by atoms with van der Waals surface area (Å²) in [5.74, 6) is -0.684. The first-order chi connectivity index (χ1) is 14.9. The van der Waals surface area contributed by atoms with Gasteiger partial charge in [-0.05, 0) is 31.2 Å². The van der Waals surface area contributed by atoms with Gasteiger partial charge in [0.05, 0.1) is 18.5 Å². The highest BCUT2D eigenvalue weighted by Gasteiger charge is 2.18. The Morgan fingerprint density at radius 3 is 2.45 bits per heavy atom. The van der Waals surface area contributed by atoms with Crippen molar-refractivity contribution in [3.05, 3.63) is 82.3 Å². The van der Waals surface area contributed by atoms with Crippen LogP contribution in [-0.2, 0) is 21.4 Å². The first-order valence-corrected chi connectivity index (χ1v) is 9.54. The molecule has 0 atom stereocenters. The fourth-order valence-electron chi connectivity index (χ4n) is 3.03. The van der Waals surface area contributed by atoms with Crippen molar-refractivity contribution < 1.29 is 19.1 Å². The lowest BCUT2D eigenvalue weighted by atomic mass is 10.2. The van der Waals surface area contributed by atoms with E-state index in [9.17, 15) is 14.4 Å².